The van der Waals surface area contributed by atoms with Gasteiger partial charge in [0.15, 0.2) is 0 Å². The standard InChI is InChI=1S/C36H36Cl2FN7O4/c1-36(49)18-45(19-36)17-30-43-46-16-20(12-29(46)35(48)44(30)2)22-6-4-7-23(32(22)37)24-8-5-9-25(33(24)38)28-13-27(39)26(34(42-28)50-3)15-40-14-21-10-11-31(47)41-21/h4-9,12-13,16,21,40,49H,10-11,14-15,17-19H2,1-3H3,(H,41,47). The minimum Gasteiger partial charge on any atom is -0.481 e. The third-order valence-electron chi connectivity index (χ3n) is 9.31. The number of benzene rings is 2. The van der Waals surface area contributed by atoms with Crippen LogP contribution in [0, 0.1) is 5.82 Å². The van der Waals surface area contributed by atoms with E-state index in [1.807, 2.05) is 29.2 Å². The maximum atomic E-state index is 15.5. The summed E-state index contributed by atoms with van der Waals surface area (Å²) in [5, 5.41) is 21.7. The first-order valence-corrected chi connectivity index (χ1v) is 17.0. The molecular formula is C36H36Cl2FN7O4. The van der Waals surface area contributed by atoms with Crippen molar-refractivity contribution < 1.29 is 19.0 Å². The Labute approximate surface area is 297 Å². The first-order chi connectivity index (χ1) is 23.9. The van der Waals surface area contributed by atoms with E-state index in [-0.39, 0.29) is 35.5 Å². The Morgan fingerprint density at radius 1 is 1.08 bits per heavy atom. The van der Waals surface area contributed by atoms with E-state index in [1.165, 1.54) is 17.7 Å². The van der Waals surface area contributed by atoms with Crippen molar-refractivity contribution in [2.45, 2.75) is 44.5 Å². The summed E-state index contributed by atoms with van der Waals surface area (Å²) in [6.07, 6.45) is 3.00. The molecule has 1 unspecified atom stereocenters. The van der Waals surface area contributed by atoms with E-state index >= 15 is 4.39 Å². The Bertz CT molecular complexity index is 2190. The number of hydrogen-bond donors (Lipinski definition) is 3. The minimum atomic E-state index is -0.729. The van der Waals surface area contributed by atoms with Gasteiger partial charge in [-0.15, -0.1) is 0 Å². The Balaban J connectivity index is 1.18. The van der Waals surface area contributed by atoms with Gasteiger partial charge in [0.05, 0.1) is 40.6 Å². The molecular weight excluding hydrogens is 684 g/mol. The number of hydrogen-bond acceptors (Lipinski definition) is 8. The van der Waals surface area contributed by atoms with Crippen molar-refractivity contribution in [1.82, 2.24) is 34.7 Å². The van der Waals surface area contributed by atoms with Crippen molar-refractivity contribution in [1.29, 1.82) is 0 Å². The van der Waals surface area contributed by atoms with Crippen LogP contribution in [-0.2, 0) is 24.9 Å². The molecule has 1 atom stereocenters. The lowest BCUT2D eigenvalue weighted by Gasteiger charge is -2.44. The third kappa shape index (κ3) is 6.49. The molecule has 3 N–H and O–H groups in total. The van der Waals surface area contributed by atoms with E-state index in [9.17, 15) is 14.7 Å². The van der Waals surface area contributed by atoms with Gasteiger partial charge in [0.2, 0.25) is 11.8 Å². The number of rotatable bonds is 10. The summed E-state index contributed by atoms with van der Waals surface area (Å²) in [5.41, 5.74) is 3.17. The fraction of sp³-hybridized carbons (Fsp3) is 0.333. The maximum Gasteiger partial charge on any atom is 0.277 e. The third-order valence-corrected chi connectivity index (χ3v) is 10.1. The Morgan fingerprint density at radius 3 is 2.42 bits per heavy atom. The van der Waals surface area contributed by atoms with Crippen LogP contribution in [0.3, 0.4) is 0 Å². The number of aromatic nitrogens is 4. The van der Waals surface area contributed by atoms with E-state index in [2.05, 4.69) is 15.6 Å². The summed E-state index contributed by atoms with van der Waals surface area (Å²) < 4.78 is 24.1. The molecule has 2 saturated heterocycles. The number of nitrogens with one attached hydrogen (secondary N) is 2. The Morgan fingerprint density at radius 2 is 1.76 bits per heavy atom. The van der Waals surface area contributed by atoms with Gasteiger partial charge in [-0.3, -0.25) is 19.1 Å². The van der Waals surface area contributed by atoms with E-state index in [0.717, 1.165) is 6.42 Å². The van der Waals surface area contributed by atoms with Gasteiger partial charge in [-0.25, -0.2) is 13.9 Å². The lowest BCUT2D eigenvalue weighted by molar-refractivity contribution is -0.119. The van der Waals surface area contributed by atoms with Gasteiger partial charge in [0.25, 0.3) is 5.56 Å². The molecule has 2 aliphatic rings. The quantitative estimate of drug-likeness (QED) is 0.188. The first-order valence-electron chi connectivity index (χ1n) is 16.3. The van der Waals surface area contributed by atoms with E-state index in [0.29, 0.717) is 87.5 Å². The second kappa shape index (κ2) is 13.4. The molecule has 0 bridgehead atoms. The van der Waals surface area contributed by atoms with Crippen LogP contribution in [0.15, 0.2) is 59.5 Å². The number of carbonyl (C=O) groups excluding carboxylic acids is 1. The summed E-state index contributed by atoms with van der Waals surface area (Å²) in [7, 11) is 3.13. The average molecular weight is 721 g/mol. The van der Waals surface area contributed by atoms with Gasteiger partial charge in [-0.2, -0.15) is 5.10 Å². The number of carbonyl (C=O) groups is 1. The van der Waals surface area contributed by atoms with Gasteiger partial charge in [0, 0.05) is 85.8 Å². The molecule has 0 aliphatic carbocycles. The number of aliphatic hydroxyl groups is 1. The molecule has 5 heterocycles. The van der Waals surface area contributed by atoms with Gasteiger partial charge in [-0.05, 0) is 19.4 Å². The van der Waals surface area contributed by atoms with Crippen LogP contribution in [0.2, 0.25) is 10.0 Å². The van der Waals surface area contributed by atoms with Gasteiger partial charge >= 0.3 is 0 Å². The maximum absolute atomic E-state index is 15.5. The highest BCUT2D eigenvalue weighted by molar-refractivity contribution is 6.39. The number of methoxy groups -OCH3 is 1. The fourth-order valence-corrected chi connectivity index (χ4v) is 7.44. The number of pyridine rings is 1. The second-order valence-electron chi connectivity index (χ2n) is 13.2. The van der Waals surface area contributed by atoms with Crippen molar-refractivity contribution in [3.63, 3.8) is 0 Å². The van der Waals surface area contributed by atoms with Gasteiger partial charge in [0.1, 0.15) is 17.2 Å². The molecule has 5 aromatic rings. The lowest BCUT2D eigenvalue weighted by atomic mass is 9.97. The second-order valence-corrected chi connectivity index (χ2v) is 14.0. The predicted molar refractivity (Wildman–Crippen MR) is 190 cm³/mol. The topological polar surface area (TPSA) is 126 Å². The molecule has 3 aromatic heterocycles. The minimum absolute atomic E-state index is 0.00459. The number of likely N-dealkylation sites (tertiary alicyclic amines) is 1. The van der Waals surface area contributed by atoms with Crippen molar-refractivity contribution in [3.05, 3.63) is 92.3 Å². The molecule has 7 rings (SSSR count). The highest BCUT2D eigenvalue weighted by Crippen LogP contribution is 2.43. The molecule has 260 valence electrons. The van der Waals surface area contributed by atoms with Gasteiger partial charge < -0.3 is 20.5 Å². The summed E-state index contributed by atoms with van der Waals surface area (Å²) >= 11 is 14.1. The number of fused-ring (bicyclic) bond motifs is 1. The normalized spacial score (nSPS) is 17.3. The van der Waals surface area contributed by atoms with Crippen molar-refractivity contribution in [2.75, 3.05) is 26.7 Å². The lowest BCUT2D eigenvalue weighted by Crippen LogP contribution is -2.59. The number of β-amino-alcohol motifs (C(OH)–C–C–N with tert-alkyl or cyclic N) is 1. The number of ether oxygens (including phenoxy) is 1. The Kier molecular flexibility index (Phi) is 9.16. The highest BCUT2D eigenvalue weighted by atomic mass is 35.5. The highest BCUT2D eigenvalue weighted by Gasteiger charge is 2.37. The molecule has 0 saturated carbocycles. The predicted octanol–water partition coefficient (Wildman–Crippen LogP) is 4.82. The largest absolute Gasteiger partial charge is 0.481 e. The zero-order valence-corrected chi connectivity index (χ0v) is 29.3. The van der Waals surface area contributed by atoms with E-state index in [1.54, 1.807) is 42.9 Å². The van der Waals surface area contributed by atoms with Crippen LogP contribution in [0.5, 0.6) is 5.88 Å². The average Bonchev–Trinajstić information content (AvgIpc) is 3.69. The first kappa shape index (κ1) is 34.1. The fourth-order valence-electron chi connectivity index (χ4n) is 6.78. The number of halogens is 3. The molecule has 2 aromatic carbocycles. The van der Waals surface area contributed by atoms with E-state index in [4.69, 9.17) is 33.0 Å². The van der Waals surface area contributed by atoms with Crippen LogP contribution >= 0.6 is 23.2 Å². The van der Waals surface area contributed by atoms with Crippen molar-refractivity contribution >= 4 is 34.6 Å². The SMILES string of the molecule is COc1nc(-c2cccc(-c3cccc(-c4cc5c(=O)n(C)c(CN6CC(C)(O)C6)nn5c4)c3Cl)c2Cl)cc(F)c1CNCC1CCC(=O)N1. The summed E-state index contributed by atoms with van der Waals surface area (Å²) in [6, 6.07) is 14.1. The Hall–Kier alpha value is -4.33. The molecule has 0 radical (unpaired) electrons. The zero-order chi connectivity index (χ0) is 35.3. The van der Waals surface area contributed by atoms with Crippen molar-refractivity contribution in [2.24, 2.45) is 7.05 Å². The summed E-state index contributed by atoms with van der Waals surface area (Å²) in [6.45, 7) is 3.91. The summed E-state index contributed by atoms with van der Waals surface area (Å²) in [4.78, 5) is 31.5. The number of nitrogens with zero attached hydrogens (tertiary/aromatic N) is 5. The summed E-state index contributed by atoms with van der Waals surface area (Å²) in [5.74, 6) is 0.223. The molecule has 14 heteroatoms. The molecule has 0 spiro atoms. The molecule has 1 amide bonds. The molecule has 2 fully saturated rings. The van der Waals surface area contributed by atoms with E-state index < -0.39 is 11.4 Å². The van der Waals surface area contributed by atoms with Crippen LogP contribution in [-0.4, -0.2) is 73.5 Å². The van der Waals surface area contributed by atoms with Crippen LogP contribution < -0.4 is 20.9 Å². The van der Waals surface area contributed by atoms with Crippen LogP contribution in [0.25, 0.3) is 39.0 Å². The van der Waals surface area contributed by atoms with Crippen molar-refractivity contribution in [3.8, 4) is 39.4 Å². The van der Waals surface area contributed by atoms with Gasteiger partial charge in [-0.1, -0.05) is 59.6 Å². The smallest absolute Gasteiger partial charge is 0.277 e. The monoisotopic (exact) mass is 719 g/mol. The van der Waals surface area contributed by atoms with Crippen LogP contribution in [0.4, 0.5) is 4.39 Å². The van der Waals surface area contributed by atoms with Crippen LogP contribution in [0.1, 0.15) is 31.2 Å². The zero-order valence-electron chi connectivity index (χ0n) is 27.8. The molecule has 11 nitrogen and oxygen atoms in total. The molecule has 50 heavy (non-hydrogen) atoms. The molecule has 2 aliphatic heterocycles. The number of amides is 1.